The van der Waals surface area contributed by atoms with Gasteiger partial charge < -0.3 is 19.9 Å². The summed E-state index contributed by atoms with van der Waals surface area (Å²) >= 11 is 1.31. The van der Waals surface area contributed by atoms with Crippen LogP contribution < -0.4 is 5.32 Å². The number of hydrogen-bond donors (Lipinski definition) is 1. The number of nitrogens with one attached hydrogen (secondary N) is 1. The third-order valence-electron chi connectivity index (χ3n) is 7.75. The zero-order valence-corrected chi connectivity index (χ0v) is 22.5. The van der Waals surface area contributed by atoms with E-state index in [1.807, 2.05) is 25.1 Å². The molecule has 7 nitrogen and oxygen atoms in total. The van der Waals surface area contributed by atoms with Crippen molar-refractivity contribution in [1.82, 2.24) is 19.8 Å². The number of alkyl halides is 3. The van der Waals surface area contributed by atoms with Crippen molar-refractivity contribution >= 4 is 23.5 Å². The van der Waals surface area contributed by atoms with Gasteiger partial charge in [0.05, 0.1) is 29.9 Å². The summed E-state index contributed by atoms with van der Waals surface area (Å²) in [5.41, 5.74) is -0.860. The zero-order valence-electron chi connectivity index (χ0n) is 21.7. The Morgan fingerprint density at radius 3 is 2.63 bits per heavy atom. The number of ether oxygens (including phenoxy) is 1. The number of carbonyl (C=O) groups is 1. The highest BCUT2D eigenvalue weighted by molar-refractivity contribution is 7.98. The van der Waals surface area contributed by atoms with E-state index in [0.29, 0.717) is 42.8 Å². The van der Waals surface area contributed by atoms with E-state index < -0.39 is 29.0 Å². The Balaban J connectivity index is 1.56. The molecule has 206 valence electrons. The number of likely N-dealkylation sites (tertiary alicyclic amines) is 1. The molecule has 2 fully saturated rings. The van der Waals surface area contributed by atoms with Crippen molar-refractivity contribution in [3.05, 3.63) is 46.4 Å². The molecule has 0 unspecified atom stereocenters. The number of rotatable bonds is 5. The molecular weight excluding hydrogens is 522 g/mol. The summed E-state index contributed by atoms with van der Waals surface area (Å²) in [6.45, 7) is 5.45. The third-order valence-corrected chi connectivity index (χ3v) is 8.30. The first-order chi connectivity index (χ1) is 17.9. The fraction of sp³-hybridized carbons (Fsp3) is 0.577. The normalized spacial score (nSPS) is 24.2. The molecule has 2 aromatic rings. The Bertz CT molecular complexity index is 1240. The van der Waals surface area contributed by atoms with Crippen molar-refractivity contribution in [1.29, 1.82) is 0 Å². The van der Waals surface area contributed by atoms with Gasteiger partial charge in [0, 0.05) is 36.9 Å². The second-order valence-electron chi connectivity index (χ2n) is 10.5. The van der Waals surface area contributed by atoms with Crippen LogP contribution in [0.1, 0.15) is 55.1 Å². The first kappa shape index (κ1) is 27.1. The molecule has 12 heteroatoms. The largest absolute Gasteiger partial charge is 0.419 e. The predicted octanol–water partition coefficient (Wildman–Crippen LogP) is 4.62. The smallest absolute Gasteiger partial charge is 0.378 e. The van der Waals surface area contributed by atoms with E-state index in [4.69, 9.17) is 9.72 Å². The van der Waals surface area contributed by atoms with Gasteiger partial charge in [-0.25, -0.2) is 14.4 Å². The van der Waals surface area contributed by atoms with E-state index in [1.54, 1.807) is 6.92 Å². The molecule has 0 bridgehead atoms. The fourth-order valence-corrected chi connectivity index (χ4v) is 6.30. The zero-order chi connectivity index (χ0) is 27.4. The van der Waals surface area contributed by atoms with Crippen molar-refractivity contribution in [3.8, 4) is 0 Å². The molecular formula is C26H31F4N5O2S. The standard InChI is InChI=1S/C26H31F4N5O2S/c1-14-10-16(8-9-37-14)35-11-18-21(25(23(35)36)12-34(3)13-25)32-24(38-4)33-22(18)31-15(2)17-6-5-7-19(20(17)27)26(28,29)30/h5-7,14-16H,8-13H2,1-4H3,(H,31,32,33)/t14-,15-,16+/m1/s1. The van der Waals surface area contributed by atoms with Crippen molar-refractivity contribution < 1.29 is 27.1 Å². The highest BCUT2D eigenvalue weighted by Gasteiger charge is 2.57. The minimum absolute atomic E-state index is 0.00593. The first-order valence-corrected chi connectivity index (χ1v) is 13.9. The van der Waals surface area contributed by atoms with Gasteiger partial charge in [-0.05, 0) is 46.1 Å². The summed E-state index contributed by atoms with van der Waals surface area (Å²) in [5.74, 6) is -0.857. The van der Waals surface area contributed by atoms with Gasteiger partial charge in [0.2, 0.25) is 5.91 Å². The van der Waals surface area contributed by atoms with Crippen LogP contribution >= 0.6 is 11.8 Å². The number of anilines is 1. The van der Waals surface area contributed by atoms with Gasteiger partial charge in [-0.3, -0.25) is 4.79 Å². The van der Waals surface area contributed by atoms with Crippen LogP contribution in [0.2, 0.25) is 0 Å². The number of halogens is 4. The molecule has 1 aromatic heterocycles. The summed E-state index contributed by atoms with van der Waals surface area (Å²) in [6.07, 6.45) is -1.52. The van der Waals surface area contributed by atoms with E-state index in [0.717, 1.165) is 18.1 Å². The quantitative estimate of drug-likeness (QED) is 0.329. The molecule has 0 aliphatic carbocycles. The third kappa shape index (κ3) is 4.64. The van der Waals surface area contributed by atoms with Gasteiger partial charge in [-0.15, -0.1) is 0 Å². The maximum absolute atomic E-state index is 15.0. The Hall–Kier alpha value is -2.44. The maximum atomic E-state index is 15.0. The highest BCUT2D eigenvalue weighted by atomic mass is 32.2. The molecule has 3 aliphatic rings. The molecule has 0 radical (unpaired) electrons. The van der Waals surface area contributed by atoms with Gasteiger partial charge in [0.15, 0.2) is 5.16 Å². The van der Waals surface area contributed by atoms with Crippen LogP contribution in [-0.4, -0.2) is 70.8 Å². The molecule has 0 saturated carbocycles. The molecule has 1 N–H and O–H groups in total. The van der Waals surface area contributed by atoms with Gasteiger partial charge in [0.1, 0.15) is 17.1 Å². The fourth-order valence-electron chi connectivity index (χ4n) is 5.94. The number of fused-ring (bicyclic) bond motifs is 2. The topological polar surface area (TPSA) is 70.6 Å². The van der Waals surface area contributed by atoms with E-state index in [9.17, 15) is 22.4 Å². The Morgan fingerprint density at radius 2 is 2.00 bits per heavy atom. The predicted molar refractivity (Wildman–Crippen MR) is 135 cm³/mol. The van der Waals surface area contributed by atoms with Crippen molar-refractivity contribution in [2.75, 3.05) is 38.3 Å². The summed E-state index contributed by atoms with van der Waals surface area (Å²) in [4.78, 5) is 27.4. The summed E-state index contributed by atoms with van der Waals surface area (Å²) in [5, 5.41) is 3.62. The van der Waals surface area contributed by atoms with Crippen LogP contribution in [0.4, 0.5) is 23.4 Å². The van der Waals surface area contributed by atoms with Crippen LogP contribution in [-0.2, 0) is 27.7 Å². The summed E-state index contributed by atoms with van der Waals surface area (Å²) < 4.78 is 60.7. The van der Waals surface area contributed by atoms with Crippen LogP contribution in [0, 0.1) is 5.82 Å². The van der Waals surface area contributed by atoms with Crippen molar-refractivity contribution in [2.24, 2.45) is 0 Å². The maximum Gasteiger partial charge on any atom is 0.419 e. The average Bonchev–Trinajstić information content (AvgIpc) is 2.84. The monoisotopic (exact) mass is 553 g/mol. The summed E-state index contributed by atoms with van der Waals surface area (Å²) in [7, 11) is 1.95. The van der Waals surface area contributed by atoms with E-state index >= 15 is 0 Å². The van der Waals surface area contributed by atoms with Crippen LogP contribution in [0.15, 0.2) is 23.4 Å². The molecule has 4 heterocycles. The van der Waals surface area contributed by atoms with E-state index in [-0.39, 0.29) is 30.2 Å². The summed E-state index contributed by atoms with van der Waals surface area (Å²) in [6, 6.07) is 2.45. The molecule has 3 aliphatic heterocycles. The Morgan fingerprint density at radius 1 is 1.26 bits per heavy atom. The molecule has 3 atom stereocenters. The average molecular weight is 554 g/mol. The number of carbonyl (C=O) groups excluding carboxylic acids is 1. The Kier molecular flexibility index (Phi) is 7.10. The molecule has 5 rings (SSSR count). The van der Waals surface area contributed by atoms with Crippen LogP contribution in [0.25, 0.3) is 0 Å². The number of nitrogens with zero attached hydrogens (tertiary/aromatic N) is 4. The molecule has 1 aromatic carbocycles. The number of benzene rings is 1. The minimum Gasteiger partial charge on any atom is -0.378 e. The highest BCUT2D eigenvalue weighted by Crippen LogP contribution is 2.45. The minimum atomic E-state index is -4.80. The molecule has 38 heavy (non-hydrogen) atoms. The SMILES string of the molecule is CSc1nc(N[C@H](C)c2cccc(C(F)(F)F)c2F)c2c(n1)C1(CN(C)C1)C(=O)N([C@H]1CCO[C@H](C)C1)C2. The second kappa shape index (κ2) is 9.95. The number of aromatic nitrogens is 2. The second-order valence-corrected chi connectivity index (χ2v) is 11.3. The van der Waals surface area contributed by atoms with Crippen molar-refractivity contribution in [3.63, 3.8) is 0 Å². The number of hydrogen-bond acceptors (Lipinski definition) is 7. The van der Waals surface area contributed by atoms with Gasteiger partial charge in [-0.1, -0.05) is 23.9 Å². The van der Waals surface area contributed by atoms with Crippen LogP contribution in [0.3, 0.4) is 0 Å². The molecule has 2 saturated heterocycles. The van der Waals surface area contributed by atoms with Crippen LogP contribution in [0.5, 0.6) is 0 Å². The van der Waals surface area contributed by atoms with E-state index in [2.05, 4.69) is 15.2 Å². The molecule has 1 spiro atoms. The van der Waals surface area contributed by atoms with Gasteiger partial charge in [0.25, 0.3) is 0 Å². The molecule has 1 amide bonds. The lowest BCUT2D eigenvalue weighted by atomic mass is 9.71. The number of likely N-dealkylation sites (N-methyl/N-ethyl adjacent to an activating group) is 1. The first-order valence-electron chi connectivity index (χ1n) is 12.6. The lowest BCUT2D eigenvalue weighted by Crippen LogP contribution is -2.69. The number of thioether (sulfide) groups is 1. The lowest BCUT2D eigenvalue weighted by molar-refractivity contribution is -0.152. The van der Waals surface area contributed by atoms with Gasteiger partial charge in [-0.2, -0.15) is 13.2 Å². The van der Waals surface area contributed by atoms with Gasteiger partial charge >= 0.3 is 6.18 Å². The lowest BCUT2D eigenvalue weighted by Gasteiger charge is -2.54. The van der Waals surface area contributed by atoms with E-state index in [1.165, 1.54) is 23.9 Å². The van der Waals surface area contributed by atoms with Crippen molar-refractivity contribution in [2.45, 2.75) is 68.2 Å². The Labute approximate surface area is 223 Å². The number of amides is 1.